The second kappa shape index (κ2) is 7.32. The van der Waals surface area contributed by atoms with E-state index in [1.54, 1.807) is 25.1 Å². The van der Waals surface area contributed by atoms with Crippen molar-refractivity contribution in [2.24, 2.45) is 0 Å². The lowest BCUT2D eigenvalue weighted by atomic mass is 9.98. The normalized spacial score (nSPS) is 13.7. The summed E-state index contributed by atoms with van der Waals surface area (Å²) >= 11 is 0. The first-order valence-corrected chi connectivity index (χ1v) is 7.74. The van der Waals surface area contributed by atoms with Crippen LogP contribution in [0, 0.1) is 0 Å². The lowest BCUT2D eigenvalue weighted by Crippen LogP contribution is -2.52. The Kier molecular flexibility index (Phi) is 5.44. The quantitative estimate of drug-likeness (QED) is 0.719. The number of aliphatic hydroxyl groups is 1. The van der Waals surface area contributed by atoms with Crippen LogP contribution in [0.3, 0.4) is 0 Å². The van der Waals surface area contributed by atoms with Crippen LogP contribution in [0.2, 0.25) is 0 Å². The first-order valence-electron chi connectivity index (χ1n) is 7.74. The van der Waals surface area contributed by atoms with E-state index in [1.807, 2.05) is 13.0 Å². The minimum absolute atomic E-state index is 0.125. The molecule has 23 heavy (non-hydrogen) atoms. The fourth-order valence-electron chi connectivity index (χ4n) is 2.56. The van der Waals surface area contributed by atoms with Crippen molar-refractivity contribution in [3.8, 4) is 0 Å². The standard InChI is InChI=1S/C16H23N3O4/c1-3-8-16(2,11-20)18-14(21)17-9-10-19-12-6-4-5-7-13(12)23-15(19)22/h4-7,20H,3,8-11H2,1-2H3,(H2,17,18,21). The lowest BCUT2D eigenvalue weighted by Gasteiger charge is -2.28. The van der Waals surface area contributed by atoms with E-state index in [0.29, 0.717) is 24.1 Å². The predicted octanol–water partition coefficient (Wildman–Crippen LogP) is 1.44. The van der Waals surface area contributed by atoms with Gasteiger partial charge in [0.1, 0.15) is 0 Å². The summed E-state index contributed by atoms with van der Waals surface area (Å²) in [6.07, 6.45) is 1.54. The molecule has 7 heteroatoms. The van der Waals surface area contributed by atoms with Crippen molar-refractivity contribution < 1.29 is 14.3 Å². The molecule has 2 amide bonds. The second-order valence-corrected chi connectivity index (χ2v) is 5.84. The zero-order chi connectivity index (χ0) is 16.9. The molecule has 0 saturated carbocycles. The van der Waals surface area contributed by atoms with Gasteiger partial charge in [-0.1, -0.05) is 25.5 Å². The number of fused-ring (bicyclic) bond motifs is 1. The smallest absolute Gasteiger partial charge is 0.408 e. The number of aromatic nitrogens is 1. The van der Waals surface area contributed by atoms with E-state index < -0.39 is 11.3 Å². The third-order valence-corrected chi connectivity index (χ3v) is 3.76. The summed E-state index contributed by atoms with van der Waals surface area (Å²) in [7, 11) is 0. The van der Waals surface area contributed by atoms with Crippen LogP contribution in [0.15, 0.2) is 33.5 Å². The van der Waals surface area contributed by atoms with Gasteiger partial charge in [0.25, 0.3) is 0 Å². The number of hydrogen-bond acceptors (Lipinski definition) is 4. The second-order valence-electron chi connectivity index (χ2n) is 5.84. The van der Waals surface area contributed by atoms with Crippen LogP contribution in [0.5, 0.6) is 0 Å². The Morgan fingerprint density at radius 2 is 2.13 bits per heavy atom. The number of urea groups is 1. The van der Waals surface area contributed by atoms with Gasteiger partial charge in [0.05, 0.1) is 17.7 Å². The lowest BCUT2D eigenvalue weighted by molar-refractivity contribution is 0.163. The average Bonchev–Trinajstić information content (AvgIpc) is 2.83. The Morgan fingerprint density at radius 3 is 2.83 bits per heavy atom. The fraction of sp³-hybridized carbons (Fsp3) is 0.500. The van der Waals surface area contributed by atoms with Gasteiger partial charge in [-0.2, -0.15) is 0 Å². The molecule has 1 aromatic carbocycles. The number of oxazole rings is 1. The molecule has 0 bridgehead atoms. The maximum Gasteiger partial charge on any atom is 0.420 e. The summed E-state index contributed by atoms with van der Waals surface area (Å²) in [5.74, 6) is -0.445. The third-order valence-electron chi connectivity index (χ3n) is 3.76. The number of rotatable bonds is 7. The van der Waals surface area contributed by atoms with Gasteiger partial charge in [0.15, 0.2) is 5.58 Å². The number of aliphatic hydroxyl groups excluding tert-OH is 1. The molecule has 2 rings (SSSR count). The Balaban J connectivity index is 1.93. The summed E-state index contributed by atoms with van der Waals surface area (Å²) in [5, 5.41) is 14.9. The summed E-state index contributed by atoms with van der Waals surface area (Å²) in [6, 6.07) is 6.78. The van der Waals surface area contributed by atoms with E-state index in [2.05, 4.69) is 10.6 Å². The largest absolute Gasteiger partial charge is 0.420 e. The number of carbonyl (C=O) groups is 1. The van der Waals surface area contributed by atoms with Gasteiger partial charge in [-0.3, -0.25) is 4.57 Å². The molecule has 1 heterocycles. The molecule has 0 fully saturated rings. The maximum absolute atomic E-state index is 11.9. The highest BCUT2D eigenvalue weighted by molar-refractivity contribution is 5.75. The van der Waals surface area contributed by atoms with Gasteiger partial charge in [-0.25, -0.2) is 9.59 Å². The van der Waals surface area contributed by atoms with Crippen LogP contribution in [0.25, 0.3) is 11.1 Å². The number of amides is 2. The number of carbonyl (C=O) groups excluding carboxylic acids is 1. The Labute approximate surface area is 134 Å². The summed E-state index contributed by atoms with van der Waals surface area (Å²) in [6.45, 7) is 4.25. The number of nitrogens with zero attached hydrogens (tertiary/aromatic N) is 1. The van der Waals surface area contributed by atoms with Crippen molar-refractivity contribution in [2.75, 3.05) is 13.2 Å². The van der Waals surface area contributed by atoms with Crippen LogP contribution >= 0.6 is 0 Å². The van der Waals surface area contributed by atoms with Gasteiger partial charge < -0.3 is 20.2 Å². The zero-order valence-corrected chi connectivity index (χ0v) is 13.5. The molecule has 3 N–H and O–H groups in total. The fourth-order valence-corrected chi connectivity index (χ4v) is 2.56. The highest BCUT2D eigenvalue weighted by Crippen LogP contribution is 2.12. The molecule has 1 aromatic heterocycles. The van der Waals surface area contributed by atoms with Crippen LogP contribution in [-0.4, -0.2) is 34.4 Å². The topological polar surface area (TPSA) is 96.5 Å². The van der Waals surface area contributed by atoms with E-state index in [-0.39, 0.29) is 19.2 Å². The van der Waals surface area contributed by atoms with E-state index in [4.69, 9.17) is 4.42 Å². The van der Waals surface area contributed by atoms with Crippen molar-refractivity contribution in [1.82, 2.24) is 15.2 Å². The maximum atomic E-state index is 11.9. The van der Waals surface area contributed by atoms with E-state index in [0.717, 1.165) is 6.42 Å². The van der Waals surface area contributed by atoms with Crippen molar-refractivity contribution in [3.05, 3.63) is 34.8 Å². The molecule has 0 saturated heterocycles. The SMILES string of the molecule is CCCC(C)(CO)NC(=O)NCCn1c(=O)oc2ccccc21. The van der Waals surface area contributed by atoms with Gasteiger partial charge in [-0.15, -0.1) is 0 Å². The summed E-state index contributed by atoms with van der Waals surface area (Å²) < 4.78 is 6.61. The first kappa shape index (κ1) is 17.1. The molecule has 1 unspecified atom stereocenters. The van der Waals surface area contributed by atoms with Crippen LogP contribution in [0.1, 0.15) is 26.7 Å². The number of hydrogen-bond donors (Lipinski definition) is 3. The molecular formula is C16H23N3O4. The zero-order valence-electron chi connectivity index (χ0n) is 13.5. The molecule has 126 valence electrons. The van der Waals surface area contributed by atoms with Crippen LogP contribution in [-0.2, 0) is 6.54 Å². The van der Waals surface area contributed by atoms with E-state index in [9.17, 15) is 14.7 Å². The van der Waals surface area contributed by atoms with E-state index >= 15 is 0 Å². The van der Waals surface area contributed by atoms with Gasteiger partial charge in [-0.05, 0) is 25.5 Å². The molecule has 0 aliphatic carbocycles. The van der Waals surface area contributed by atoms with Crippen LogP contribution in [0.4, 0.5) is 4.79 Å². The van der Waals surface area contributed by atoms with Gasteiger partial charge in [0, 0.05) is 13.1 Å². The molecule has 0 aliphatic rings. The highest BCUT2D eigenvalue weighted by Gasteiger charge is 2.24. The Bertz CT molecular complexity index is 721. The highest BCUT2D eigenvalue weighted by atomic mass is 16.4. The number of nitrogens with one attached hydrogen (secondary N) is 2. The predicted molar refractivity (Wildman–Crippen MR) is 87.4 cm³/mol. The molecule has 0 radical (unpaired) electrons. The average molecular weight is 321 g/mol. The molecule has 2 aromatic rings. The monoisotopic (exact) mass is 321 g/mol. The van der Waals surface area contributed by atoms with Crippen molar-refractivity contribution in [3.63, 3.8) is 0 Å². The van der Waals surface area contributed by atoms with Gasteiger partial charge in [0.2, 0.25) is 0 Å². The molecule has 0 spiro atoms. The molecule has 1 atom stereocenters. The number of benzene rings is 1. The van der Waals surface area contributed by atoms with Crippen molar-refractivity contribution in [2.45, 2.75) is 38.8 Å². The summed E-state index contributed by atoms with van der Waals surface area (Å²) in [5.41, 5.74) is 0.585. The third kappa shape index (κ3) is 4.13. The number of para-hydroxylation sites is 2. The minimum atomic E-state index is -0.641. The van der Waals surface area contributed by atoms with E-state index in [1.165, 1.54) is 4.57 Å². The van der Waals surface area contributed by atoms with Gasteiger partial charge >= 0.3 is 11.8 Å². The Morgan fingerprint density at radius 1 is 1.39 bits per heavy atom. The van der Waals surface area contributed by atoms with Crippen LogP contribution < -0.4 is 16.4 Å². The Hall–Kier alpha value is -2.28. The van der Waals surface area contributed by atoms with Crippen molar-refractivity contribution in [1.29, 1.82) is 0 Å². The molecule has 0 aliphatic heterocycles. The molecular weight excluding hydrogens is 298 g/mol. The van der Waals surface area contributed by atoms with Crippen molar-refractivity contribution >= 4 is 17.1 Å². The minimum Gasteiger partial charge on any atom is -0.408 e. The first-order chi connectivity index (χ1) is 11.0. The molecule has 7 nitrogen and oxygen atoms in total. The summed E-state index contributed by atoms with van der Waals surface area (Å²) in [4.78, 5) is 23.7.